The average molecular weight is 286 g/mol. The lowest BCUT2D eigenvalue weighted by atomic mass is 10.3. The van der Waals surface area contributed by atoms with Gasteiger partial charge in [-0.15, -0.1) is 0 Å². The Morgan fingerprint density at radius 3 is 2.76 bits per heavy atom. The van der Waals surface area contributed by atoms with Crippen LogP contribution in [0.4, 0.5) is 11.5 Å². The Labute approximate surface area is 118 Å². The Morgan fingerprint density at radius 2 is 2.10 bits per heavy atom. The summed E-state index contributed by atoms with van der Waals surface area (Å²) in [4.78, 5) is 18.4. The molecule has 3 N–H and O–H groups in total. The second-order valence-corrected chi connectivity index (χ2v) is 4.09. The molecule has 9 heteroatoms. The van der Waals surface area contributed by atoms with Crippen LogP contribution in [0.15, 0.2) is 42.9 Å². The number of imidazole rings is 1. The second kappa shape index (κ2) is 5.06. The Balaban J connectivity index is 1.97. The van der Waals surface area contributed by atoms with Crippen molar-refractivity contribution in [1.29, 1.82) is 0 Å². The van der Waals surface area contributed by atoms with E-state index in [0.29, 0.717) is 17.2 Å². The van der Waals surface area contributed by atoms with Crippen molar-refractivity contribution in [3.8, 4) is 11.6 Å². The molecule has 2 heterocycles. The number of hydrogen-bond donors (Lipinski definition) is 2. The number of benzene rings is 1. The summed E-state index contributed by atoms with van der Waals surface area (Å²) in [7, 11) is 0. The zero-order valence-corrected chi connectivity index (χ0v) is 10.6. The first kappa shape index (κ1) is 12.8. The van der Waals surface area contributed by atoms with Crippen LogP contribution >= 0.6 is 0 Å². The summed E-state index contributed by atoms with van der Waals surface area (Å²) < 4.78 is 7.31. The number of nitro benzene ring substituents is 1. The molecule has 0 aliphatic rings. The zero-order chi connectivity index (χ0) is 14.8. The monoisotopic (exact) mass is 286 g/mol. The number of nitro groups is 1. The molecule has 0 atom stereocenters. The van der Waals surface area contributed by atoms with Crippen molar-refractivity contribution >= 4 is 17.2 Å². The maximum absolute atomic E-state index is 10.6. The molecule has 1 aromatic carbocycles. The minimum Gasteiger partial charge on any atom is -0.436 e. The molecule has 0 fully saturated rings. The topological polar surface area (TPSA) is 121 Å². The molecule has 2 aromatic heterocycles. The van der Waals surface area contributed by atoms with E-state index in [-0.39, 0.29) is 11.6 Å². The van der Waals surface area contributed by atoms with Crippen molar-refractivity contribution in [1.82, 2.24) is 14.4 Å². The third kappa shape index (κ3) is 2.44. The molecule has 0 saturated heterocycles. The average Bonchev–Trinajstić information content (AvgIpc) is 2.96. The molecule has 0 spiro atoms. The predicted octanol–water partition coefficient (Wildman–Crippen LogP) is 1.72. The van der Waals surface area contributed by atoms with E-state index in [9.17, 15) is 10.1 Å². The van der Waals surface area contributed by atoms with Crippen LogP contribution in [-0.2, 0) is 0 Å². The highest BCUT2D eigenvalue weighted by Crippen LogP contribution is 2.26. The van der Waals surface area contributed by atoms with Gasteiger partial charge in [0.15, 0.2) is 5.82 Å². The first-order valence-electron chi connectivity index (χ1n) is 5.90. The number of hydrazine groups is 1. The van der Waals surface area contributed by atoms with Gasteiger partial charge in [-0.25, -0.2) is 10.8 Å². The number of nitrogens with two attached hydrogens (primary N) is 1. The lowest BCUT2D eigenvalue weighted by Gasteiger charge is -2.08. The molecule has 0 unspecified atom stereocenters. The smallest absolute Gasteiger partial charge is 0.269 e. The predicted molar refractivity (Wildman–Crippen MR) is 74.0 cm³/mol. The van der Waals surface area contributed by atoms with Crippen molar-refractivity contribution in [2.24, 2.45) is 5.84 Å². The van der Waals surface area contributed by atoms with Crippen molar-refractivity contribution in [3.63, 3.8) is 0 Å². The molecule has 3 rings (SSSR count). The normalized spacial score (nSPS) is 10.5. The van der Waals surface area contributed by atoms with E-state index in [1.807, 2.05) is 0 Å². The minimum atomic E-state index is -0.478. The third-order valence-electron chi connectivity index (χ3n) is 2.75. The number of nitrogens with one attached hydrogen (secondary N) is 1. The fraction of sp³-hybridized carbons (Fsp3) is 0. The van der Waals surface area contributed by atoms with Gasteiger partial charge in [0, 0.05) is 24.5 Å². The van der Waals surface area contributed by atoms with Crippen LogP contribution < -0.4 is 16.0 Å². The van der Waals surface area contributed by atoms with Gasteiger partial charge in [0.05, 0.1) is 11.1 Å². The number of ether oxygens (including phenoxy) is 1. The van der Waals surface area contributed by atoms with Crippen LogP contribution in [0.25, 0.3) is 5.65 Å². The van der Waals surface area contributed by atoms with E-state index >= 15 is 0 Å². The number of anilines is 1. The highest BCUT2D eigenvalue weighted by Gasteiger charge is 2.11. The molecular weight excluding hydrogens is 276 g/mol. The van der Waals surface area contributed by atoms with Crippen LogP contribution in [0.3, 0.4) is 0 Å². The van der Waals surface area contributed by atoms with Gasteiger partial charge in [-0.05, 0) is 12.1 Å². The van der Waals surface area contributed by atoms with Gasteiger partial charge in [0.2, 0.25) is 5.65 Å². The van der Waals surface area contributed by atoms with E-state index in [0.717, 1.165) is 0 Å². The summed E-state index contributed by atoms with van der Waals surface area (Å²) in [6, 6.07) is 5.68. The van der Waals surface area contributed by atoms with Crippen molar-refractivity contribution in [2.75, 3.05) is 5.43 Å². The van der Waals surface area contributed by atoms with Crippen LogP contribution in [0.2, 0.25) is 0 Å². The summed E-state index contributed by atoms with van der Waals surface area (Å²) in [5.74, 6) is 6.40. The molecule has 0 saturated carbocycles. The second-order valence-electron chi connectivity index (χ2n) is 4.09. The maximum Gasteiger partial charge on any atom is 0.269 e. The first-order valence-corrected chi connectivity index (χ1v) is 5.90. The van der Waals surface area contributed by atoms with E-state index in [2.05, 4.69) is 15.4 Å². The Morgan fingerprint density at radius 1 is 1.33 bits per heavy atom. The number of rotatable bonds is 4. The molecule has 3 aromatic rings. The molecular formula is C12H10N6O3. The Bertz CT molecular complexity index is 798. The lowest BCUT2D eigenvalue weighted by molar-refractivity contribution is -0.384. The molecule has 9 nitrogen and oxygen atoms in total. The highest BCUT2D eigenvalue weighted by molar-refractivity contribution is 5.55. The van der Waals surface area contributed by atoms with Crippen LogP contribution in [0.1, 0.15) is 0 Å². The van der Waals surface area contributed by atoms with Gasteiger partial charge < -0.3 is 10.2 Å². The van der Waals surface area contributed by atoms with Gasteiger partial charge in [0.25, 0.3) is 11.6 Å². The van der Waals surface area contributed by atoms with Crippen molar-refractivity contribution in [2.45, 2.75) is 0 Å². The van der Waals surface area contributed by atoms with Crippen molar-refractivity contribution in [3.05, 3.63) is 53.0 Å². The number of nitrogens with zero attached hydrogens (tertiary/aromatic N) is 4. The number of nitrogen functional groups attached to an aromatic ring is 1. The van der Waals surface area contributed by atoms with E-state index in [1.54, 1.807) is 23.0 Å². The highest BCUT2D eigenvalue weighted by atomic mass is 16.6. The summed E-state index contributed by atoms with van der Waals surface area (Å²) in [5, 5.41) is 10.6. The maximum atomic E-state index is 10.6. The van der Waals surface area contributed by atoms with E-state index in [4.69, 9.17) is 10.6 Å². The first-order chi connectivity index (χ1) is 10.2. The lowest BCUT2D eigenvalue weighted by Crippen LogP contribution is -2.10. The molecule has 0 aliphatic heterocycles. The minimum absolute atomic E-state index is 0.0151. The van der Waals surface area contributed by atoms with E-state index in [1.165, 1.54) is 24.3 Å². The number of hydrogen-bond acceptors (Lipinski definition) is 7. The largest absolute Gasteiger partial charge is 0.436 e. The molecule has 0 radical (unpaired) electrons. The van der Waals surface area contributed by atoms with Gasteiger partial charge in [0.1, 0.15) is 5.75 Å². The molecule has 0 aliphatic carbocycles. The molecule has 0 bridgehead atoms. The summed E-state index contributed by atoms with van der Waals surface area (Å²) in [5.41, 5.74) is 2.92. The quantitative estimate of drug-likeness (QED) is 0.425. The number of non-ortho nitro benzene ring substituents is 1. The zero-order valence-electron chi connectivity index (χ0n) is 10.6. The van der Waals surface area contributed by atoms with Crippen LogP contribution in [-0.4, -0.2) is 19.3 Å². The summed E-state index contributed by atoms with van der Waals surface area (Å²) in [6.45, 7) is 0. The number of aromatic nitrogens is 3. The Kier molecular flexibility index (Phi) is 3.09. The van der Waals surface area contributed by atoms with E-state index < -0.39 is 4.92 Å². The van der Waals surface area contributed by atoms with Gasteiger partial charge in [-0.2, -0.15) is 4.98 Å². The molecule has 21 heavy (non-hydrogen) atoms. The number of fused-ring (bicyclic) bond motifs is 1. The molecule has 106 valence electrons. The molecule has 0 amide bonds. The SMILES string of the molecule is NNc1cn2ccnc2c(Oc2ccc([N+](=O)[O-])cc2)n1. The fourth-order valence-electron chi connectivity index (χ4n) is 1.79. The Hall–Kier alpha value is -3.20. The van der Waals surface area contributed by atoms with Gasteiger partial charge >= 0.3 is 0 Å². The van der Waals surface area contributed by atoms with Gasteiger partial charge in [-0.1, -0.05) is 0 Å². The van der Waals surface area contributed by atoms with Crippen molar-refractivity contribution < 1.29 is 9.66 Å². The van der Waals surface area contributed by atoms with Crippen LogP contribution in [0, 0.1) is 10.1 Å². The van der Waals surface area contributed by atoms with Gasteiger partial charge in [-0.3, -0.25) is 14.5 Å². The summed E-state index contributed by atoms with van der Waals surface area (Å²) >= 11 is 0. The third-order valence-corrected chi connectivity index (χ3v) is 2.75. The summed E-state index contributed by atoms with van der Waals surface area (Å²) in [6.07, 6.45) is 4.98. The fourth-order valence-corrected chi connectivity index (χ4v) is 1.79. The standard InChI is InChI=1S/C12H10N6O3/c13-16-10-7-17-6-5-14-11(17)12(15-10)21-9-3-1-8(2-4-9)18(19)20/h1-7,16H,13H2. The van der Waals surface area contributed by atoms with Crippen LogP contribution in [0.5, 0.6) is 11.6 Å².